The van der Waals surface area contributed by atoms with Gasteiger partial charge in [-0.05, 0) is 37.3 Å². The van der Waals surface area contributed by atoms with E-state index in [1.807, 2.05) is 0 Å². The van der Waals surface area contributed by atoms with Crippen molar-refractivity contribution < 1.29 is 18.0 Å². The Labute approximate surface area is 153 Å². The topological polar surface area (TPSA) is 95.6 Å². The van der Waals surface area contributed by atoms with Crippen LogP contribution in [0.25, 0.3) is 0 Å². The summed E-state index contributed by atoms with van der Waals surface area (Å²) in [4.78, 5) is 23.9. The summed E-state index contributed by atoms with van der Waals surface area (Å²) in [6.07, 6.45) is 0. The molecular formula is C18H21N3O4S. The minimum absolute atomic E-state index is 0.0717. The van der Waals surface area contributed by atoms with Crippen LogP contribution < -0.4 is 10.6 Å². The van der Waals surface area contributed by atoms with Gasteiger partial charge in [0.1, 0.15) is 0 Å². The van der Waals surface area contributed by atoms with E-state index in [2.05, 4.69) is 10.6 Å². The zero-order valence-corrected chi connectivity index (χ0v) is 15.6. The quantitative estimate of drug-likeness (QED) is 0.723. The van der Waals surface area contributed by atoms with Crippen LogP contribution >= 0.6 is 0 Å². The molecular weight excluding hydrogens is 354 g/mol. The fourth-order valence-corrected chi connectivity index (χ4v) is 3.20. The molecule has 0 saturated carbocycles. The van der Waals surface area contributed by atoms with Crippen LogP contribution in [0.1, 0.15) is 17.3 Å². The third-order valence-corrected chi connectivity index (χ3v) is 5.46. The summed E-state index contributed by atoms with van der Waals surface area (Å²) in [6, 6.07) is 13.0. The first-order valence-corrected chi connectivity index (χ1v) is 9.32. The molecule has 0 heterocycles. The second-order valence-electron chi connectivity index (χ2n) is 5.82. The maximum Gasteiger partial charge on any atom is 0.243 e. The Morgan fingerprint density at radius 3 is 2.38 bits per heavy atom. The van der Waals surface area contributed by atoms with Crippen molar-refractivity contribution in [2.45, 2.75) is 11.8 Å². The molecule has 0 aliphatic carbocycles. The highest BCUT2D eigenvalue weighted by Gasteiger charge is 2.17. The number of ketones is 1. The van der Waals surface area contributed by atoms with Gasteiger partial charge in [-0.25, -0.2) is 12.7 Å². The highest BCUT2D eigenvalue weighted by atomic mass is 32.2. The van der Waals surface area contributed by atoms with Crippen molar-refractivity contribution in [1.82, 2.24) is 4.31 Å². The van der Waals surface area contributed by atoms with Gasteiger partial charge in [0.15, 0.2) is 5.78 Å². The zero-order valence-electron chi connectivity index (χ0n) is 14.8. The van der Waals surface area contributed by atoms with Crippen molar-refractivity contribution in [1.29, 1.82) is 0 Å². The minimum atomic E-state index is -3.55. The summed E-state index contributed by atoms with van der Waals surface area (Å²) in [7, 11) is -0.639. The molecule has 0 spiro atoms. The number of sulfonamides is 1. The van der Waals surface area contributed by atoms with Crippen LogP contribution in [0.2, 0.25) is 0 Å². The number of anilines is 2. The lowest BCUT2D eigenvalue weighted by atomic mass is 10.1. The van der Waals surface area contributed by atoms with Gasteiger partial charge in [-0.2, -0.15) is 0 Å². The Kier molecular flexibility index (Phi) is 6.12. The number of hydrogen-bond acceptors (Lipinski definition) is 5. The number of rotatable bonds is 7. The number of carbonyl (C=O) groups excluding carboxylic acids is 2. The number of carbonyl (C=O) groups is 2. The van der Waals surface area contributed by atoms with Crippen LogP contribution in [0, 0.1) is 0 Å². The molecule has 0 radical (unpaired) electrons. The molecule has 8 heteroatoms. The molecule has 0 fully saturated rings. The minimum Gasteiger partial charge on any atom is -0.376 e. The fourth-order valence-electron chi connectivity index (χ4n) is 2.25. The maximum absolute atomic E-state index is 12.2. The molecule has 0 saturated heterocycles. The predicted molar refractivity (Wildman–Crippen MR) is 101 cm³/mol. The van der Waals surface area contributed by atoms with Gasteiger partial charge in [0.2, 0.25) is 15.9 Å². The molecule has 2 aromatic rings. The van der Waals surface area contributed by atoms with Gasteiger partial charge in [0, 0.05) is 25.3 Å². The van der Waals surface area contributed by atoms with Crippen molar-refractivity contribution >= 4 is 33.1 Å². The van der Waals surface area contributed by atoms with E-state index in [1.165, 1.54) is 33.2 Å². The molecule has 1 amide bonds. The molecule has 0 aliphatic rings. The standard InChI is InChI=1S/C18H21N3O4S/c1-13(22)16-9-4-5-10-17(16)20-18(23)12-19-14-7-6-8-15(11-14)26(24,25)21(2)3/h4-11,19H,12H2,1-3H3,(H,20,23). The lowest BCUT2D eigenvalue weighted by Gasteiger charge is -2.13. The van der Waals surface area contributed by atoms with Crippen molar-refractivity contribution in [3.63, 3.8) is 0 Å². The summed E-state index contributed by atoms with van der Waals surface area (Å²) in [5.41, 5.74) is 1.37. The second kappa shape index (κ2) is 8.11. The molecule has 0 aromatic heterocycles. The number of Topliss-reactive ketones (excluding diaryl/α,β-unsaturated/α-hetero) is 1. The Bertz CT molecular complexity index is 924. The van der Waals surface area contributed by atoms with Gasteiger partial charge in [-0.15, -0.1) is 0 Å². The van der Waals surface area contributed by atoms with Gasteiger partial charge < -0.3 is 10.6 Å². The van der Waals surface area contributed by atoms with E-state index in [4.69, 9.17) is 0 Å². The average Bonchev–Trinajstić information content (AvgIpc) is 2.60. The van der Waals surface area contributed by atoms with Crippen LogP contribution in [0.3, 0.4) is 0 Å². The number of benzene rings is 2. The number of para-hydroxylation sites is 1. The van der Waals surface area contributed by atoms with Gasteiger partial charge in [-0.3, -0.25) is 9.59 Å². The van der Waals surface area contributed by atoms with Crippen LogP contribution in [0.4, 0.5) is 11.4 Å². The molecule has 7 nitrogen and oxygen atoms in total. The fraction of sp³-hybridized carbons (Fsp3) is 0.222. The van der Waals surface area contributed by atoms with Crippen LogP contribution in [-0.4, -0.2) is 45.1 Å². The normalized spacial score (nSPS) is 11.2. The predicted octanol–water partition coefficient (Wildman–Crippen LogP) is 2.19. The van der Waals surface area contributed by atoms with Gasteiger partial charge in [-0.1, -0.05) is 18.2 Å². The summed E-state index contributed by atoms with van der Waals surface area (Å²) in [6.45, 7) is 1.36. The Morgan fingerprint density at radius 1 is 1.04 bits per heavy atom. The average molecular weight is 375 g/mol. The van der Waals surface area contributed by atoms with E-state index in [1.54, 1.807) is 36.4 Å². The molecule has 2 N–H and O–H groups in total. The Hall–Kier alpha value is -2.71. The molecule has 0 bridgehead atoms. The summed E-state index contributed by atoms with van der Waals surface area (Å²) >= 11 is 0. The summed E-state index contributed by atoms with van der Waals surface area (Å²) in [5, 5.41) is 5.56. The molecule has 2 aromatic carbocycles. The highest BCUT2D eigenvalue weighted by Crippen LogP contribution is 2.18. The first-order valence-electron chi connectivity index (χ1n) is 7.88. The molecule has 2 rings (SSSR count). The molecule has 0 aliphatic heterocycles. The smallest absolute Gasteiger partial charge is 0.243 e. The monoisotopic (exact) mass is 375 g/mol. The molecule has 0 unspecified atom stereocenters. The summed E-state index contributed by atoms with van der Waals surface area (Å²) < 4.78 is 25.4. The number of nitrogens with zero attached hydrogens (tertiary/aromatic N) is 1. The first kappa shape index (κ1) is 19.6. The highest BCUT2D eigenvalue weighted by molar-refractivity contribution is 7.89. The number of nitrogens with one attached hydrogen (secondary N) is 2. The van der Waals surface area contributed by atoms with E-state index in [0.717, 1.165) is 4.31 Å². The first-order chi connectivity index (χ1) is 12.2. The van der Waals surface area contributed by atoms with Crippen LogP contribution in [0.15, 0.2) is 53.4 Å². The van der Waals surface area contributed by atoms with Crippen LogP contribution in [-0.2, 0) is 14.8 Å². The van der Waals surface area contributed by atoms with E-state index < -0.39 is 10.0 Å². The van der Waals surface area contributed by atoms with E-state index >= 15 is 0 Å². The van der Waals surface area contributed by atoms with Crippen molar-refractivity contribution in [2.24, 2.45) is 0 Å². The third kappa shape index (κ3) is 4.68. The van der Waals surface area contributed by atoms with Crippen molar-refractivity contribution in [3.8, 4) is 0 Å². The van der Waals surface area contributed by atoms with Crippen molar-refractivity contribution in [3.05, 3.63) is 54.1 Å². The largest absolute Gasteiger partial charge is 0.376 e. The number of amides is 1. The second-order valence-corrected chi connectivity index (χ2v) is 7.97. The number of hydrogen-bond donors (Lipinski definition) is 2. The zero-order chi connectivity index (χ0) is 19.3. The van der Waals surface area contributed by atoms with E-state index in [-0.39, 0.29) is 23.1 Å². The Morgan fingerprint density at radius 2 is 1.73 bits per heavy atom. The van der Waals surface area contributed by atoms with Crippen molar-refractivity contribution in [2.75, 3.05) is 31.3 Å². The van der Waals surface area contributed by atoms with E-state index in [0.29, 0.717) is 16.9 Å². The third-order valence-electron chi connectivity index (χ3n) is 3.65. The molecule has 26 heavy (non-hydrogen) atoms. The Balaban J connectivity index is 2.06. The van der Waals surface area contributed by atoms with Gasteiger partial charge >= 0.3 is 0 Å². The lowest BCUT2D eigenvalue weighted by Crippen LogP contribution is -2.24. The van der Waals surface area contributed by atoms with Gasteiger partial charge in [0.05, 0.1) is 17.1 Å². The van der Waals surface area contributed by atoms with Gasteiger partial charge in [0.25, 0.3) is 0 Å². The lowest BCUT2D eigenvalue weighted by molar-refractivity contribution is -0.114. The summed E-state index contributed by atoms with van der Waals surface area (Å²) in [5.74, 6) is -0.491. The van der Waals surface area contributed by atoms with Crippen LogP contribution in [0.5, 0.6) is 0 Å². The molecule has 138 valence electrons. The molecule has 0 atom stereocenters. The maximum atomic E-state index is 12.2. The SMILES string of the molecule is CC(=O)c1ccccc1NC(=O)CNc1cccc(S(=O)(=O)N(C)C)c1. The van der Waals surface area contributed by atoms with E-state index in [9.17, 15) is 18.0 Å².